The summed E-state index contributed by atoms with van der Waals surface area (Å²) in [5.41, 5.74) is 0. The van der Waals surface area contributed by atoms with E-state index >= 15 is 0 Å². The van der Waals surface area contributed by atoms with E-state index in [4.69, 9.17) is 16.7 Å². The zero-order valence-corrected chi connectivity index (χ0v) is 11.3. The third kappa shape index (κ3) is 4.29. The van der Waals surface area contributed by atoms with Crippen LogP contribution in [0, 0.1) is 0 Å². The van der Waals surface area contributed by atoms with E-state index in [2.05, 4.69) is 5.32 Å². The van der Waals surface area contributed by atoms with Crippen LogP contribution in [0.1, 0.15) is 6.92 Å². The second-order valence-corrected chi connectivity index (χ2v) is 6.33. The summed E-state index contributed by atoms with van der Waals surface area (Å²) in [6.07, 6.45) is 0. The predicted molar refractivity (Wildman–Crippen MR) is 68.6 cm³/mol. The van der Waals surface area contributed by atoms with Crippen LogP contribution in [-0.2, 0) is 14.6 Å². The van der Waals surface area contributed by atoms with Gasteiger partial charge in [-0.15, -0.1) is 0 Å². The molecule has 0 bridgehead atoms. The van der Waals surface area contributed by atoms with E-state index in [1.165, 1.54) is 31.2 Å². The van der Waals surface area contributed by atoms with Crippen LogP contribution in [0.25, 0.3) is 0 Å². The molecule has 1 rings (SSSR count). The Bertz CT molecular complexity index is 512. The van der Waals surface area contributed by atoms with E-state index in [9.17, 15) is 13.2 Å². The fraction of sp³-hybridized carbons (Fsp3) is 0.364. The van der Waals surface area contributed by atoms with Crippen LogP contribution in [0.2, 0.25) is 5.02 Å². The molecule has 1 aromatic rings. The number of sulfone groups is 1. The van der Waals surface area contributed by atoms with Gasteiger partial charge in [0.2, 0.25) is 0 Å². The van der Waals surface area contributed by atoms with Crippen LogP contribution in [0.4, 0.5) is 0 Å². The van der Waals surface area contributed by atoms with Crippen LogP contribution < -0.4 is 5.32 Å². The van der Waals surface area contributed by atoms with Gasteiger partial charge in [-0.3, -0.25) is 4.79 Å². The Morgan fingerprint density at radius 2 is 1.94 bits per heavy atom. The number of carboxylic acid groups (broad SMARTS) is 1. The molecular formula is C11H14ClNO4S. The Morgan fingerprint density at radius 1 is 1.39 bits per heavy atom. The lowest BCUT2D eigenvalue weighted by Crippen LogP contribution is -2.36. The van der Waals surface area contributed by atoms with Crippen molar-refractivity contribution in [2.75, 3.05) is 12.3 Å². The highest BCUT2D eigenvalue weighted by Crippen LogP contribution is 2.15. The largest absolute Gasteiger partial charge is 0.480 e. The van der Waals surface area contributed by atoms with E-state index in [1.807, 2.05) is 0 Å². The number of aliphatic carboxylic acids is 1. The summed E-state index contributed by atoms with van der Waals surface area (Å²) >= 11 is 5.67. The number of nitrogens with one attached hydrogen (secondary N) is 1. The molecule has 0 fully saturated rings. The zero-order chi connectivity index (χ0) is 13.8. The first-order valence-corrected chi connectivity index (χ1v) is 7.30. The second-order valence-electron chi connectivity index (χ2n) is 3.79. The predicted octanol–water partition coefficient (Wildman–Crippen LogP) is 1.18. The van der Waals surface area contributed by atoms with Crippen molar-refractivity contribution >= 4 is 27.4 Å². The van der Waals surface area contributed by atoms with Crippen molar-refractivity contribution in [3.8, 4) is 0 Å². The minimum Gasteiger partial charge on any atom is -0.480 e. The minimum absolute atomic E-state index is 0.0818. The fourth-order valence-corrected chi connectivity index (χ4v) is 2.56. The molecule has 1 atom stereocenters. The van der Waals surface area contributed by atoms with Crippen LogP contribution in [0.3, 0.4) is 0 Å². The molecule has 0 aliphatic rings. The van der Waals surface area contributed by atoms with Crippen LogP contribution >= 0.6 is 11.6 Å². The van der Waals surface area contributed by atoms with Gasteiger partial charge in [0, 0.05) is 11.6 Å². The van der Waals surface area contributed by atoms with E-state index in [1.54, 1.807) is 0 Å². The molecule has 0 aliphatic carbocycles. The van der Waals surface area contributed by atoms with E-state index in [0.717, 1.165) is 0 Å². The molecule has 0 spiro atoms. The SMILES string of the molecule is C[C@H](NCCS(=O)(=O)c1ccc(Cl)cc1)C(=O)O. The molecule has 0 aromatic heterocycles. The number of benzene rings is 1. The maximum Gasteiger partial charge on any atom is 0.320 e. The molecule has 0 radical (unpaired) electrons. The summed E-state index contributed by atoms with van der Waals surface area (Å²) in [5, 5.41) is 11.7. The first-order chi connectivity index (χ1) is 8.33. The molecule has 0 heterocycles. The van der Waals surface area contributed by atoms with E-state index < -0.39 is 21.8 Å². The topological polar surface area (TPSA) is 83.5 Å². The summed E-state index contributed by atoms with van der Waals surface area (Å²) in [6, 6.07) is 5.09. The maximum absolute atomic E-state index is 11.9. The molecule has 0 aliphatic heterocycles. The summed E-state index contributed by atoms with van der Waals surface area (Å²) < 4.78 is 23.7. The van der Waals surface area contributed by atoms with Crippen LogP contribution in [0.15, 0.2) is 29.2 Å². The van der Waals surface area contributed by atoms with Crippen LogP contribution in [-0.4, -0.2) is 37.8 Å². The summed E-state index contributed by atoms with van der Waals surface area (Å²) in [6.45, 7) is 1.54. The number of carboxylic acids is 1. The maximum atomic E-state index is 11.9. The molecule has 2 N–H and O–H groups in total. The molecule has 18 heavy (non-hydrogen) atoms. The van der Waals surface area contributed by atoms with Gasteiger partial charge in [0.25, 0.3) is 0 Å². The third-order valence-electron chi connectivity index (χ3n) is 2.36. The number of halogens is 1. The molecule has 100 valence electrons. The summed E-state index contributed by atoms with van der Waals surface area (Å²) in [7, 11) is -3.41. The second kappa shape index (κ2) is 6.17. The number of hydrogen-bond donors (Lipinski definition) is 2. The molecule has 0 unspecified atom stereocenters. The Labute approximate surface area is 111 Å². The lowest BCUT2D eigenvalue weighted by atomic mass is 10.3. The standard InChI is InChI=1S/C11H14ClNO4S/c1-8(11(14)15)13-6-7-18(16,17)10-4-2-9(12)3-5-10/h2-5,8,13H,6-7H2,1H3,(H,14,15)/t8-/m0/s1. The van der Waals surface area contributed by atoms with Crippen molar-refractivity contribution in [1.29, 1.82) is 0 Å². The quantitative estimate of drug-likeness (QED) is 0.822. The van der Waals surface area contributed by atoms with Crippen molar-refractivity contribution in [2.45, 2.75) is 17.9 Å². The van der Waals surface area contributed by atoms with Crippen molar-refractivity contribution < 1.29 is 18.3 Å². The van der Waals surface area contributed by atoms with Gasteiger partial charge in [0.05, 0.1) is 10.6 Å². The van der Waals surface area contributed by atoms with Gasteiger partial charge >= 0.3 is 5.97 Å². The van der Waals surface area contributed by atoms with Gasteiger partial charge in [-0.25, -0.2) is 8.42 Å². The average Bonchev–Trinajstić information content (AvgIpc) is 2.29. The first kappa shape index (κ1) is 14.9. The Balaban J connectivity index is 2.60. The summed E-state index contributed by atoms with van der Waals surface area (Å²) in [4.78, 5) is 10.7. The Morgan fingerprint density at radius 3 is 2.44 bits per heavy atom. The van der Waals surface area contributed by atoms with Crippen LogP contribution in [0.5, 0.6) is 0 Å². The van der Waals surface area contributed by atoms with Crippen molar-refractivity contribution in [3.63, 3.8) is 0 Å². The fourth-order valence-electron chi connectivity index (χ4n) is 1.26. The highest BCUT2D eigenvalue weighted by atomic mass is 35.5. The van der Waals surface area contributed by atoms with E-state index in [-0.39, 0.29) is 17.2 Å². The molecule has 5 nitrogen and oxygen atoms in total. The number of hydrogen-bond acceptors (Lipinski definition) is 4. The van der Waals surface area contributed by atoms with Gasteiger partial charge in [0.15, 0.2) is 9.84 Å². The number of rotatable bonds is 6. The van der Waals surface area contributed by atoms with Gasteiger partial charge in [0.1, 0.15) is 6.04 Å². The van der Waals surface area contributed by atoms with Crippen molar-refractivity contribution in [3.05, 3.63) is 29.3 Å². The van der Waals surface area contributed by atoms with Gasteiger partial charge in [-0.1, -0.05) is 11.6 Å². The third-order valence-corrected chi connectivity index (χ3v) is 4.35. The lowest BCUT2D eigenvalue weighted by Gasteiger charge is -2.09. The highest BCUT2D eigenvalue weighted by molar-refractivity contribution is 7.91. The molecular weight excluding hydrogens is 278 g/mol. The Kier molecular flexibility index (Phi) is 5.13. The average molecular weight is 292 g/mol. The molecule has 0 saturated heterocycles. The molecule has 0 saturated carbocycles. The smallest absolute Gasteiger partial charge is 0.320 e. The summed E-state index contributed by atoms with van der Waals surface area (Å²) in [5.74, 6) is -1.18. The van der Waals surface area contributed by atoms with Gasteiger partial charge in [-0.2, -0.15) is 0 Å². The normalized spacial score (nSPS) is 13.2. The number of carbonyl (C=O) groups is 1. The molecule has 7 heteroatoms. The van der Waals surface area contributed by atoms with Crippen molar-refractivity contribution in [2.24, 2.45) is 0 Å². The molecule has 0 amide bonds. The van der Waals surface area contributed by atoms with E-state index in [0.29, 0.717) is 5.02 Å². The first-order valence-electron chi connectivity index (χ1n) is 5.27. The minimum atomic E-state index is -3.41. The van der Waals surface area contributed by atoms with Gasteiger partial charge in [-0.05, 0) is 31.2 Å². The monoisotopic (exact) mass is 291 g/mol. The zero-order valence-electron chi connectivity index (χ0n) is 9.76. The highest BCUT2D eigenvalue weighted by Gasteiger charge is 2.16. The van der Waals surface area contributed by atoms with Crippen molar-refractivity contribution in [1.82, 2.24) is 5.32 Å². The lowest BCUT2D eigenvalue weighted by molar-refractivity contribution is -0.138. The molecule has 1 aromatic carbocycles. The van der Waals surface area contributed by atoms with Gasteiger partial charge < -0.3 is 10.4 Å². The Hall–Kier alpha value is -1.11.